The zero-order valence-corrected chi connectivity index (χ0v) is 7.77. The summed E-state index contributed by atoms with van der Waals surface area (Å²) in [6.45, 7) is 3.51. The highest BCUT2D eigenvalue weighted by Crippen LogP contribution is 2.01. The summed E-state index contributed by atoms with van der Waals surface area (Å²) in [6.07, 6.45) is 6.35. The molecule has 0 unspecified atom stereocenters. The van der Waals surface area contributed by atoms with Crippen LogP contribution in [0.3, 0.4) is 0 Å². The Kier molecular flexibility index (Phi) is 5.76. The van der Waals surface area contributed by atoms with E-state index in [1.807, 2.05) is 13.0 Å². The van der Waals surface area contributed by atoms with Gasteiger partial charge in [-0.25, -0.2) is 0 Å². The first-order valence-corrected chi connectivity index (χ1v) is 3.99. The van der Waals surface area contributed by atoms with Crippen molar-refractivity contribution in [1.29, 1.82) is 0 Å². The number of rotatable bonds is 4. The molecule has 0 spiro atoms. The summed E-state index contributed by atoms with van der Waals surface area (Å²) in [7, 11) is 0. The minimum atomic E-state index is -1.93. The van der Waals surface area contributed by atoms with Gasteiger partial charge in [0.1, 0.15) is 0 Å². The van der Waals surface area contributed by atoms with Crippen LogP contribution in [0.1, 0.15) is 13.8 Å². The van der Waals surface area contributed by atoms with Crippen molar-refractivity contribution in [2.24, 2.45) is 0 Å². The summed E-state index contributed by atoms with van der Waals surface area (Å²) < 4.78 is 0. The third kappa shape index (κ3) is 4.40. The van der Waals surface area contributed by atoms with Crippen molar-refractivity contribution in [1.82, 2.24) is 0 Å². The maximum absolute atomic E-state index is 11.0. The number of carbonyl (C=O) groups is 1. The predicted octanol–water partition coefficient (Wildman–Crippen LogP) is 0.945. The van der Waals surface area contributed by atoms with E-state index in [2.05, 4.69) is 0 Å². The van der Waals surface area contributed by atoms with Crippen molar-refractivity contribution in [2.45, 2.75) is 20.1 Å². The van der Waals surface area contributed by atoms with Gasteiger partial charge in [0.05, 0.1) is 0 Å². The van der Waals surface area contributed by atoms with Crippen LogP contribution in [0.25, 0.3) is 0 Å². The lowest BCUT2D eigenvalue weighted by Crippen LogP contribution is -2.20. The number of Topliss-reactive ketones (excluding diaryl/α,β-unsaturated/α-hetero) is 1. The molecule has 0 aliphatic carbocycles. The van der Waals surface area contributed by atoms with Crippen LogP contribution in [0, 0.1) is 0 Å². The highest BCUT2D eigenvalue weighted by molar-refractivity contribution is 5.99. The topological polar surface area (TPSA) is 57.5 Å². The Hall–Kier alpha value is -1.19. The lowest BCUT2D eigenvalue weighted by molar-refractivity contribution is -0.140. The van der Waals surface area contributed by atoms with E-state index >= 15 is 0 Å². The molecule has 0 amide bonds. The maximum Gasteiger partial charge on any atom is 0.218 e. The highest BCUT2D eigenvalue weighted by atomic mass is 16.5. The molecule has 0 heterocycles. The van der Waals surface area contributed by atoms with E-state index in [0.29, 0.717) is 0 Å². The zero-order valence-electron chi connectivity index (χ0n) is 7.77. The largest absolute Gasteiger partial charge is 0.362 e. The van der Waals surface area contributed by atoms with Gasteiger partial charge in [-0.3, -0.25) is 4.79 Å². The molecule has 0 atom stereocenters. The quantitative estimate of drug-likeness (QED) is 0.386. The van der Waals surface area contributed by atoms with Crippen LogP contribution in [0.15, 0.2) is 36.0 Å². The number of aliphatic hydroxyl groups excluding tert-OH is 1. The lowest BCUT2D eigenvalue weighted by atomic mass is 10.1. The fourth-order valence-electron chi connectivity index (χ4n) is 0.740. The Morgan fingerprint density at radius 1 is 1.23 bits per heavy atom. The number of allylic oxidation sites excluding steroid dienone is 5. The van der Waals surface area contributed by atoms with Crippen molar-refractivity contribution < 1.29 is 15.0 Å². The lowest BCUT2D eigenvalue weighted by Gasteiger charge is -2.01. The fraction of sp³-hybridized carbons (Fsp3) is 0.300. The van der Waals surface area contributed by atoms with Gasteiger partial charge in [-0.15, -0.1) is 0 Å². The molecular weight excluding hydrogens is 168 g/mol. The Morgan fingerprint density at radius 3 is 2.23 bits per heavy atom. The van der Waals surface area contributed by atoms with Crippen LogP contribution in [-0.2, 0) is 4.79 Å². The molecule has 0 radical (unpaired) electrons. The van der Waals surface area contributed by atoms with Gasteiger partial charge < -0.3 is 10.2 Å². The molecule has 2 N–H and O–H groups in total. The van der Waals surface area contributed by atoms with Crippen molar-refractivity contribution >= 4 is 5.78 Å². The monoisotopic (exact) mass is 182 g/mol. The van der Waals surface area contributed by atoms with E-state index in [4.69, 9.17) is 10.2 Å². The first kappa shape index (κ1) is 11.8. The molecular formula is C10H14O3. The van der Waals surface area contributed by atoms with Gasteiger partial charge in [-0.1, -0.05) is 30.4 Å². The molecule has 0 bridgehead atoms. The molecule has 0 rings (SSSR count). The number of ketones is 1. The number of aliphatic hydroxyl groups is 2. The third-order valence-electron chi connectivity index (χ3n) is 1.41. The molecule has 0 saturated carbocycles. The zero-order chi connectivity index (χ0) is 10.3. The minimum Gasteiger partial charge on any atom is -0.362 e. The van der Waals surface area contributed by atoms with Crippen molar-refractivity contribution in [3.8, 4) is 0 Å². The van der Waals surface area contributed by atoms with Crippen LogP contribution in [-0.4, -0.2) is 22.3 Å². The molecule has 0 saturated heterocycles. The molecule has 0 aromatic carbocycles. The average Bonchev–Trinajstić information content (AvgIpc) is 2.11. The first-order valence-electron chi connectivity index (χ1n) is 3.99. The van der Waals surface area contributed by atoms with E-state index in [-0.39, 0.29) is 5.57 Å². The van der Waals surface area contributed by atoms with Gasteiger partial charge in [0.15, 0.2) is 0 Å². The van der Waals surface area contributed by atoms with Gasteiger partial charge >= 0.3 is 0 Å². The van der Waals surface area contributed by atoms with Crippen LogP contribution in [0.2, 0.25) is 0 Å². The summed E-state index contributed by atoms with van der Waals surface area (Å²) in [5, 5.41) is 17.2. The second kappa shape index (κ2) is 6.34. The van der Waals surface area contributed by atoms with E-state index in [1.54, 1.807) is 19.1 Å². The Morgan fingerprint density at radius 2 is 1.85 bits per heavy atom. The predicted molar refractivity (Wildman–Crippen MR) is 50.9 cm³/mol. The van der Waals surface area contributed by atoms with Gasteiger partial charge in [-0.2, -0.15) is 0 Å². The molecule has 0 aromatic rings. The normalized spacial score (nSPS) is 13.5. The Balaban J connectivity index is 4.46. The van der Waals surface area contributed by atoms with E-state index in [0.717, 1.165) is 0 Å². The molecule has 0 fully saturated rings. The SMILES string of the molecule is C\C=C/C=C\C(=C/C)C(=O)C(O)O. The van der Waals surface area contributed by atoms with Crippen LogP contribution in [0.4, 0.5) is 0 Å². The fourth-order valence-corrected chi connectivity index (χ4v) is 0.740. The molecule has 0 aromatic heterocycles. The molecule has 3 nitrogen and oxygen atoms in total. The van der Waals surface area contributed by atoms with Crippen molar-refractivity contribution in [3.05, 3.63) is 36.0 Å². The summed E-state index contributed by atoms with van der Waals surface area (Å²) in [5.41, 5.74) is 0.285. The van der Waals surface area contributed by atoms with E-state index in [1.165, 1.54) is 12.2 Å². The van der Waals surface area contributed by atoms with Crippen LogP contribution < -0.4 is 0 Å². The Bertz CT molecular complexity index is 247. The van der Waals surface area contributed by atoms with E-state index in [9.17, 15) is 4.79 Å². The van der Waals surface area contributed by atoms with E-state index < -0.39 is 12.1 Å². The van der Waals surface area contributed by atoms with Gasteiger partial charge in [0.25, 0.3) is 0 Å². The second-order valence-electron chi connectivity index (χ2n) is 2.37. The molecule has 13 heavy (non-hydrogen) atoms. The smallest absolute Gasteiger partial charge is 0.218 e. The second-order valence-corrected chi connectivity index (χ2v) is 2.37. The standard InChI is InChI=1S/C10H14O3/c1-3-5-6-7-8(4-2)9(11)10(12)13/h3-7,10,12-13H,1-2H3/b5-3-,7-6-,8-4+. The third-order valence-corrected chi connectivity index (χ3v) is 1.41. The maximum atomic E-state index is 11.0. The average molecular weight is 182 g/mol. The van der Waals surface area contributed by atoms with Gasteiger partial charge in [-0.05, 0) is 13.8 Å². The number of carbonyl (C=O) groups excluding carboxylic acids is 1. The molecule has 72 valence electrons. The van der Waals surface area contributed by atoms with Crippen molar-refractivity contribution in [3.63, 3.8) is 0 Å². The molecule has 0 aliphatic heterocycles. The number of hydrogen-bond acceptors (Lipinski definition) is 3. The summed E-state index contributed by atoms with van der Waals surface area (Å²) >= 11 is 0. The first-order chi connectivity index (χ1) is 6.13. The van der Waals surface area contributed by atoms with Crippen molar-refractivity contribution in [2.75, 3.05) is 0 Å². The van der Waals surface area contributed by atoms with Gasteiger partial charge in [0, 0.05) is 5.57 Å². The minimum absolute atomic E-state index is 0.285. The number of hydrogen-bond donors (Lipinski definition) is 2. The highest BCUT2D eigenvalue weighted by Gasteiger charge is 2.12. The van der Waals surface area contributed by atoms with Crippen LogP contribution >= 0.6 is 0 Å². The van der Waals surface area contributed by atoms with Gasteiger partial charge in [0.2, 0.25) is 12.1 Å². The van der Waals surface area contributed by atoms with Crippen LogP contribution in [0.5, 0.6) is 0 Å². The molecule has 3 heteroatoms. The summed E-state index contributed by atoms with van der Waals surface area (Å²) in [5.74, 6) is -0.691. The molecule has 0 aliphatic rings. The Labute approximate surface area is 77.7 Å². The summed E-state index contributed by atoms with van der Waals surface area (Å²) in [4.78, 5) is 11.0. The summed E-state index contributed by atoms with van der Waals surface area (Å²) in [6, 6.07) is 0.